The minimum absolute atomic E-state index is 0.434. The average molecular weight is 278 g/mol. The number of thiophene rings is 1. The van der Waals surface area contributed by atoms with E-state index in [1.54, 1.807) is 18.4 Å². The first-order valence-electron chi connectivity index (χ1n) is 4.69. The van der Waals surface area contributed by atoms with E-state index in [1.807, 2.05) is 0 Å². The minimum atomic E-state index is 0.434. The molecule has 4 heteroatoms. The predicted octanol–water partition coefficient (Wildman–Crippen LogP) is 2.68. The third kappa shape index (κ3) is 4.55. The van der Waals surface area contributed by atoms with Crippen molar-refractivity contribution in [2.75, 3.05) is 20.3 Å². The van der Waals surface area contributed by atoms with Crippen LogP contribution in [-0.2, 0) is 11.2 Å². The molecule has 0 radical (unpaired) electrons. The molecule has 0 aliphatic carbocycles. The summed E-state index contributed by atoms with van der Waals surface area (Å²) in [5, 5.41) is 3.41. The molecule has 80 valence electrons. The van der Waals surface area contributed by atoms with Crippen LogP contribution < -0.4 is 5.32 Å². The Bertz CT molecular complexity index is 264. The molecule has 0 saturated carbocycles. The summed E-state index contributed by atoms with van der Waals surface area (Å²) in [4.78, 5) is 1.41. The fourth-order valence-corrected chi connectivity index (χ4v) is 2.72. The molecule has 0 fully saturated rings. The summed E-state index contributed by atoms with van der Waals surface area (Å²) >= 11 is 5.25. The summed E-state index contributed by atoms with van der Waals surface area (Å²) in [6.45, 7) is 3.92. The second-order valence-corrected chi connectivity index (χ2v) is 5.81. The molecule has 14 heavy (non-hydrogen) atoms. The summed E-state index contributed by atoms with van der Waals surface area (Å²) < 4.78 is 6.25. The van der Waals surface area contributed by atoms with Crippen LogP contribution in [0.1, 0.15) is 11.8 Å². The Balaban J connectivity index is 2.15. The van der Waals surface area contributed by atoms with E-state index in [0.717, 1.165) is 19.6 Å². The van der Waals surface area contributed by atoms with E-state index in [4.69, 9.17) is 4.74 Å². The third-order valence-electron chi connectivity index (χ3n) is 1.91. The van der Waals surface area contributed by atoms with Gasteiger partial charge in [0.05, 0.1) is 10.4 Å². The Morgan fingerprint density at radius 1 is 1.57 bits per heavy atom. The van der Waals surface area contributed by atoms with Gasteiger partial charge in [-0.15, -0.1) is 11.3 Å². The average Bonchev–Trinajstić information content (AvgIpc) is 2.52. The number of methoxy groups -OCH3 is 1. The Hall–Kier alpha value is 0.1000. The summed E-state index contributed by atoms with van der Waals surface area (Å²) in [5.41, 5.74) is 0. The highest BCUT2D eigenvalue weighted by molar-refractivity contribution is 9.11. The van der Waals surface area contributed by atoms with Crippen molar-refractivity contribution in [2.24, 2.45) is 0 Å². The Kier molecular flexibility index (Phi) is 5.70. The number of rotatable bonds is 6. The molecule has 1 N–H and O–H groups in total. The molecular formula is C10H16BrNOS. The third-order valence-corrected chi connectivity index (χ3v) is 3.59. The van der Waals surface area contributed by atoms with Gasteiger partial charge in [0.25, 0.3) is 0 Å². The molecule has 0 aliphatic heterocycles. The van der Waals surface area contributed by atoms with E-state index < -0.39 is 0 Å². The van der Waals surface area contributed by atoms with Gasteiger partial charge in [-0.3, -0.25) is 0 Å². The Labute approximate surface area is 97.8 Å². The zero-order chi connectivity index (χ0) is 10.4. The first-order chi connectivity index (χ1) is 6.72. The Morgan fingerprint density at radius 3 is 2.93 bits per heavy atom. The standard InChI is InChI=1S/C10H16BrNOS/c1-8(7-13-2)12-6-5-9-3-4-10(11)14-9/h3-4,8,12H,5-7H2,1-2H3. The maximum Gasteiger partial charge on any atom is 0.0701 e. The maximum atomic E-state index is 5.04. The van der Waals surface area contributed by atoms with Gasteiger partial charge < -0.3 is 10.1 Å². The summed E-state index contributed by atoms with van der Waals surface area (Å²) in [5.74, 6) is 0. The molecule has 1 aromatic heterocycles. The van der Waals surface area contributed by atoms with Crippen LogP contribution >= 0.6 is 27.3 Å². The molecule has 2 nitrogen and oxygen atoms in total. The van der Waals surface area contributed by atoms with Gasteiger partial charge in [0.1, 0.15) is 0 Å². The summed E-state index contributed by atoms with van der Waals surface area (Å²) in [7, 11) is 1.73. The predicted molar refractivity (Wildman–Crippen MR) is 65.1 cm³/mol. The van der Waals surface area contributed by atoms with E-state index in [9.17, 15) is 0 Å². The van der Waals surface area contributed by atoms with Crippen LogP contribution in [0, 0.1) is 0 Å². The fraction of sp³-hybridized carbons (Fsp3) is 0.600. The van der Waals surface area contributed by atoms with Gasteiger partial charge in [-0.05, 0) is 41.4 Å². The normalized spacial score (nSPS) is 13.1. The Morgan fingerprint density at radius 2 is 2.36 bits per heavy atom. The van der Waals surface area contributed by atoms with Gasteiger partial charge in [-0.2, -0.15) is 0 Å². The van der Waals surface area contributed by atoms with Gasteiger partial charge in [-0.25, -0.2) is 0 Å². The van der Waals surface area contributed by atoms with Crippen LogP contribution in [-0.4, -0.2) is 26.3 Å². The lowest BCUT2D eigenvalue weighted by atomic mass is 10.3. The smallest absolute Gasteiger partial charge is 0.0701 e. The van der Waals surface area contributed by atoms with Crippen molar-refractivity contribution in [2.45, 2.75) is 19.4 Å². The largest absolute Gasteiger partial charge is 0.383 e. The zero-order valence-electron chi connectivity index (χ0n) is 8.55. The monoisotopic (exact) mass is 277 g/mol. The molecule has 1 heterocycles. The summed E-state index contributed by atoms with van der Waals surface area (Å²) in [6, 6.07) is 4.69. The quantitative estimate of drug-likeness (QED) is 0.863. The van der Waals surface area contributed by atoms with Crippen molar-refractivity contribution in [3.8, 4) is 0 Å². The minimum Gasteiger partial charge on any atom is -0.383 e. The van der Waals surface area contributed by atoms with E-state index >= 15 is 0 Å². The molecule has 0 saturated heterocycles. The van der Waals surface area contributed by atoms with Crippen LogP contribution in [0.5, 0.6) is 0 Å². The van der Waals surface area contributed by atoms with Crippen molar-refractivity contribution >= 4 is 27.3 Å². The van der Waals surface area contributed by atoms with Crippen LogP contribution in [0.2, 0.25) is 0 Å². The van der Waals surface area contributed by atoms with Crippen LogP contribution in [0.25, 0.3) is 0 Å². The lowest BCUT2D eigenvalue weighted by Gasteiger charge is -2.11. The second kappa shape index (κ2) is 6.56. The summed E-state index contributed by atoms with van der Waals surface area (Å²) in [6.07, 6.45) is 1.09. The molecule has 1 unspecified atom stereocenters. The number of hydrogen-bond donors (Lipinski definition) is 1. The number of ether oxygens (including phenoxy) is 1. The van der Waals surface area contributed by atoms with Gasteiger partial charge in [0.15, 0.2) is 0 Å². The van der Waals surface area contributed by atoms with Gasteiger partial charge in [0, 0.05) is 24.6 Å². The SMILES string of the molecule is COCC(C)NCCc1ccc(Br)s1. The topological polar surface area (TPSA) is 21.3 Å². The molecule has 0 spiro atoms. The molecule has 0 aliphatic rings. The van der Waals surface area contributed by atoms with Gasteiger partial charge in [-0.1, -0.05) is 0 Å². The molecule has 1 atom stereocenters. The lowest BCUT2D eigenvalue weighted by molar-refractivity contribution is 0.172. The first kappa shape index (κ1) is 12.2. The highest BCUT2D eigenvalue weighted by Crippen LogP contribution is 2.21. The van der Waals surface area contributed by atoms with Crippen molar-refractivity contribution in [1.82, 2.24) is 5.32 Å². The molecular weight excluding hydrogens is 262 g/mol. The van der Waals surface area contributed by atoms with Crippen molar-refractivity contribution < 1.29 is 4.74 Å². The van der Waals surface area contributed by atoms with E-state index in [2.05, 4.69) is 40.3 Å². The van der Waals surface area contributed by atoms with Crippen molar-refractivity contribution in [1.29, 1.82) is 0 Å². The molecule has 0 aromatic carbocycles. The number of hydrogen-bond acceptors (Lipinski definition) is 3. The van der Waals surface area contributed by atoms with E-state index in [1.165, 1.54) is 8.66 Å². The zero-order valence-corrected chi connectivity index (χ0v) is 11.0. The maximum absolute atomic E-state index is 5.04. The van der Waals surface area contributed by atoms with Crippen LogP contribution in [0.3, 0.4) is 0 Å². The number of nitrogens with one attached hydrogen (secondary N) is 1. The molecule has 0 bridgehead atoms. The van der Waals surface area contributed by atoms with Gasteiger partial charge >= 0.3 is 0 Å². The number of halogens is 1. The lowest BCUT2D eigenvalue weighted by Crippen LogP contribution is -2.31. The molecule has 0 amide bonds. The first-order valence-corrected chi connectivity index (χ1v) is 6.30. The molecule has 1 rings (SSSR count). The van der Waals surface area contributed by atoms with Crippen molar-refractivity contribution in [3.63, 3.8) is 0 Å². The van der Waals surface area contributed by atoms with Gasteiger partial charge in [0.2, 0.25) is 0 Å². The highest BCUT2D eigenvalue weighted by atomic mass is 79.9. The second-order valence-electron chi connectivity index (χ2n) is 3.27. The van der Waals surface area contributed by atoms with E-state index in [-0.39, 0.29) is 0 Å². The van der Waals surface area contributed by atoms with E-state index in [0.29, 0.717) is 6.04 Å². The molecule has 1 aromatic rings. The fourth-order valence-electron chi connectivity index (χ4n) is 1.24. The van der Waals surface area contributed by atoms with Crippen LogP contribution in [0.4, 0.5) is 0 Å². The highest BCUT2D eigenvalue weighted by Gasteiger charge is 2.01. The van der Waals surface area contributed by atoms with Crippen LogP contribution in [0.15, 0.2) is 15.9 Å². The van der Waals surface area contributed by atoms with Crippen molar-refractivity contribution in [3.05, 3.63) is 20.8 Å².